The molecule has 0 aliphatic heterocycles. The molecule has 0 bridgehead atoms. The molecule has 0 spiro atoms. The molecule has 0 aromatic heterocycles. The number of hydrogen-bond acceptors (Lipinski definition) is 4. The van der Waals surface area contributed by atoms with Crippen LogP contribution in [0.15, 0.2) is 71.6 Å². The van der Waals surface area contributed by atoms with Crippen molar-refractivity contribution in [2.75, 3.05) is 10.8 Å². The van der Waals surface area contributed by atoms with Gasteiger partial charge in [-0.15, -0.1) is 0 Å². The Balaban J connectivity index is 2.13. The summed E-state index contributed by atoms with van der Waals surface area (Å²) < 4.78 is 29.0. The van der Waals surface area contributed by atoms with Crippen LogP contribution in [0.2, 0.25) is 15.1 Å². The number of halogens is 3. The van der Waals surface area contributed by atoms with Crippen LogP contribution in [0.4, 0.5) is 5.69 Å². The van der Waals surface area contributed by atoms with Crippen molar-refractivity contribution in [3.05, 3.63) is 92.9 Å². The number of amides is 2. The Labute approximate surface area is 257 Å². The van der Waals surface area contributed by atoms with Crippen LogP contribution in [0.5, 0.6) is 0 Å². The largest absolute Gasteiger partial charge is 0.350 e. The van der Waals surface area contributed by atoms with E-state index in [-0.39, 0.29) is 29.5 Å². The van der Waals surface area contributed by atoms with E-state index in [1.807, 2.05) is 20.8 Å². The Morgan fingerprint density at radius 3 is 2.17 bits per heavy atom. The van der Waals surface area contributed by atoms with Crippen LogP contribution in [-0.2, 0) is 26.2 Å². The standard InChI is InChI=1S/C30H34Cl3N3O4S/c1-6-26(29(38)34-30(3,4)5)35(18-21-15-16-22(31)17-25(21)33)28(37)19-36(27-14-10-13-24(32)20(27)2)41(39,40)23-11-8-7-9-12-23/h7-17,26H,6,18-19H2,1-5H3,(H,34,38)/t26-/m1/s1. The van der Waals surface area contributed by atoms with Gasteiger partial charge in [-0.3, -0.25) is 13.9 Å². The van der Waals surface area contributed by atoms with E-state index in [1.165, 1.54) is 17.0 Å². The second kappa shape index (κ2) is 13.5. The average molecular weight is 639 g/mol. The molecule has 3 aromatic rings. The molecule has 0 aliphatic rings. The predicted molar refractivity (Wildman–Crippen MR) is 166 cm³/mol. The molecule has 220 valence electrons. The van der Waals surface area contributed by atoms with Gasteiger partial charge in [0.2, 0.25) is 11.8 Å². The Bertz CT molecular complexity index is 1510. The maximum absolute atomic E-state index is 14.2. The Hall–Kier alpha value is -2.78. The van der Waals surface area contributed by atoms with Crippen LogP contribution in [0.25, 0.3) is 0 Å². The molecular formula is C30H34Cl3N3O4S. The highest BCUT2D eigenvalue weighted by Gasteiger charge is 2.35. The highest BCUT2D eigenvalue weighted by atomic mass is 35.5. The molecule has 0 heterocycles. The van der Waals surface area contributed by atoms with Gasteiger partial charge in [-0.1, -0.05) is 72.1 Å². The van der Waals surface area contributed by atoms with Crippen LogP contribution < -0.4 is 9.62 Å². The van der Waals surface area contributed by atoms with Crippen molar-refractivity contribution in [2.24, 2.45) is 0 Å². The summed E-state index contributed by atoms with van der Waals surface area (Å²) in [6, 6.07) is 16.7. The van der Waals surface area contributed by atoms with Crippen molar-refractivity contribution < 1.29 is 18.0 Å². The molecular weight excluding hydrogens is 605 g/mol. The number of hydrogen-bond donors (Lipinski definition) is 1. The molecule has 0 unspecified atom stereocenters. The van der Waals surface area contributed by atoms with Gasteiger partial charge >= 0.3 is 0 Å². The van der Waals surface area contributed by atoms with E-state index in [4.69, 9.17) is 34.8 Å². The van der Waals surface area contributed by atoms with Crippen LogP contribution in [0.3, 0.4) is 0 Å². The maximum Gasteiger partial charge on any atom is 0.264 e. The summed E-state index contributed by atoms with van der Waals surface area (Å²) in [5.41, 5.74) is 0.748. The Morgan fingerprint density at radius 1 is 0.927 bits per heavy atom. The fourth-order valence-electron chi connectivity index (χ4n) is 4.31. The van der Waals surface area contributed by atoms with Gasteiger partial charge in [0, 0.05) is 27.2 Å². The van der Waals surface area contributed by atoms with E-state index in [1.54, 1.807) is 68.4 Å². The lowest BCUT2D eigenvalue weighted by atomic mass is 10.1. The van der Waals surface area contributed by atoms with E-state index >= 15 is 0 Å². The van der Waals surface area contributed by atoms with Crippen LogP contribution in [-0.4, -0.2) is 43.3 Å². The van der Waals surface area contributed by atoms with E-state index in [0.717, 1.165) is 4.31 Å². The molecule has 0 saturated heterocycles. The number of nitrogens with one attached hydrogen (secondary N) is 1. The van der Waals surface area contributed by atoms with E-state index in [9.17, 15) is 18.0 Å². The quantitative estimate of drug-likeness (QED) is 0.263. The first-order chi connectivity index (χ1) is 19.2. The minimum atomic E-state index is -4.21. The van der Waals surface area contributed by atoms with Crippen LogP contribution >= 0.6 is 34.8 Å². The Morgan fingerprint density at radius 2 is 1.59 bits per heavy atom. The SMILES string of the molecule is CC[C@H](C(=O)NC(C)(C)C)N(Cc1ccc(Cl)cc1Cl)C(=O)CN(c1cccc(Cl)c1C)S(=O)(=O)c1ccccc1. The van der Waals surface area contributed by atoms with Crippen LogP contribution in [0.1, 0.15) is 45.2 Å². The lowest BCUT2D eigenvalue weighted by Crippen LogP contribution is -2.55. The van der Waals surface area contributed by atoms with Gasteiger partial charge in [-0.2, -0.15) is 0 Å². The number of benzene rings is 3. The molecule has 0 aliphatic carbocycles. The highest BCUT2D eigenvalue weighted by molar-refractivity contribution is 7.92. The smallest absolute Gasteiger partial charge is 0.264 e. The zero-order chi connectivity index (χ0) is 30.5. The third kappa shape index (κ3) is 8.16. The van der Waals surface area contributed by atoms with Crippen molar-refractivity contribution in [1.29, 1.82) is 0 Å². The van der Waals surface area contributed by atoms with Gasteiger partial charge in [-0.05, 0) is 81.6 Å². The second-order valence-corrected chi connectivity index (χ2v) is 13.7. The third-order valence-corrected chi connectivity index (χ3v) is 9.13. The summed E-state index contributed by atoms with van der Waals surface area (Å²) in [5, 5.41) is 4.03. The zero-order valence-electron chi connectivity index (χ0n) is 23.6. The fraction of sp³-hybridized carbons (Fsp3) is 0.333. The number of nitrogens with zero attached hydrogens (tertiary/aromatic N) is 2. The van der Waals surface area contributed by atoms with Gasteiger partial charge in [0.1, 0.15) is 12.6 Å². The number of anilines is 1. The molecule has 3 rings (SSSR count). The second-order valence-electron chi connectivity index (χ2n) is 10.6. The Kier molecular flexibility index (Phi) is 10.7. The van der Waals surface area contributed by atoms with Gasteiger partial charge in [-0.25, -0.2) is 8.42 Å². The topological polar surface area (TPSA) is 86.8 Å². The highest BCUT2D eigenvalue weighted by Crippen LogP contribution is 2.32. The monoisotopic (exact) mass is 637 g/mol. The number of rotatable bonds is 10. The molecule has 0 fully saturated rings. The van der Waals surface area contributed by atoms with Crippen molar-refractivity contribution >= 4 is 62.3 Å². The fourth-order valence-corrected chi connectivity index (χ4v) is 6.44. The molecule has 0 saturated carbocycles. The molecule has 41 heavy (non-hydrogen) atoms. The van der Waals surface area contributed by atoms with E-state index in [0.29, 0.717) is 26.2 Å². The minimum absolute atomic E-state index is 0.0111. The first-order valence-corrected chi connectivity index (χ1v) is 15.6. The number of carbonyl (C=O) groups is 2. The van der Waals surface area contributed by atoms with Crippen molar-refractivity contribution in [2.45, 2.75) is 64.1 Å². The predicted octanol–water partition coefficient (Wildman–Crippen LogP) is 6.87. The number of carbonyl (C=O) groups excluding carboxylic acids is 2. The zero-order valence-corrected chi connectivity index (χ0v) is 26.7. The molecule has 1 N–H and O–H groups in total. The molecule has 0 radical (unpaired) electrons. The average Bonchev–Trinajstić information content (AvgIpc) is 2.89. The summed E-state index contributed by atoms with van der Waals surface area (Å²) >= 11 is 18.9. The minimum Gasteiger partial charge on any atom is -0.350 e. The van der Waals surface area contributed by atoms with Crippen LogP contribution in [0, 0.1) is 6.92 Å². The van der Waals surface area contributed by atoms with Gasteiger partial charge in [0.05, 0.1) is 10.6 Å². The van der Waals surface area contributed by atoms with Crippen molar-refractivity contribution in [3.8, 4) is 0 Å². The summed E-state index contributed by atoms with van der Waals surface area (Å²) in [6.07, 6.45) is 0.278. The third-order valence-electron chi connectivity index (χ3n) is 6.36. The maximum atomic E-state index is 14.2. The molecule has 7 nitrogen and oxygen atoms in total. The lowest BCUT2D eigenvalue weighted by Gasteiger charge is -2.35. The van der Waals surface area contributed by atoms with Gasteiger partial charge in [0.25, 0.3) is 10.0 Å². The first kappa shape index (κ1) is 32.7. The van der Waals surface area contributed by atoms with Crippen molar-refractivity contribution in [1.82, 2.24) is 10.2 Å². The number of sulfonamides is 1. The van der Waals surface area contributed by atoms with Crippen molar-refractivity contribution in [3.63, 3.8) is 0 Å². The normalized spacial score (nSPS) is 12.5. The van der Waals surface area contributed by atoms with Gasteiger partial charge in [0.15, 0.2) is 0 Å². The van der Waals surface area contributed by atoms with E-state index in [2.05, 4.69) is 5.32 Å². The molecule has 1 atom stereocenters. The summed E-state index contributed by atoms with van der Waals surface area (Å²) in [6.45, 7) is 8.38. The summed E-state index contributed by atoms with van der Waals surface area (Å²) in [5.74, 6) is -0.958. The van der Waals surface area contributed by atoms with Gasteiger partial charge < -0.3 is 10.2 Å². The summed E-state index contributed by atoms with van der Waals surface area (Å²) in [4.78, 5) is 29.0. The molecule has 2 amide bonds. The van der Waals surface area contributed by atoms with E-state index < -0.39 is 34.1 Å². The summed E-state index contributed by atoms with van der Waals surface area (Å²) in [7, 11) is -4.21. The molecule has 3 aromatic carbocycles. The molecule has 11 heteroatoms. The lowest BCUT2D eigenvalue weighted by molar-refractivity contribution is -0.141. The first-order valence-electron chi connectivity index (χ1n) is 13.0.